The fraction of sp³-hybridized carbons (Fsp3) is 0.438. The smallest absolute Gasteiger partial charge is 0.259 e. The minimum absolute atomic E-state index is 0.0970. The zero-order valence-corrected chi connectivity index (χ0v) is 13.3. The summed E-state index contributed by atoms with van der Waals surface area (Å²) in [5.74, 6) is 0.409. The van der Waals surface area contributed by atoms with E-state index in [4.69, 9.17) is 12.2 Å². The van der Waals surface area contributed by atoms with E-state index in [1.807, 2.05) is 0 Å². The zero-order valence-electron chi connectivity index (χ0n) is 12.4. The van der Waals surface area contributed by atoms with Crippen LogP contribution < -0.4 is 10.9 Å². The lowest BCUT2D eigenvalue weighted by atomic mass is 9.86. The van der Waals surface area contributed by atoms with Crippen molar-refractivity contribution in [2.24, 2.45) is 5.92 Å². The summed E-state index contributed by atoms with van der Waals surface area (Å²) >= 11 is 4.97. The molecule has 1 aliphatic carbocycles. The molecule has 5 nitrogen and oxygen atoms in total. The van der Waals surface area contributed by atoms with Crippen LogP contribution in [-0.2, 0) is 0 Å². The molecule has 1 aliphatic rings. The number of carbonyl (C=O) groups is 1. The molecule has 1 heterocycles. The van der Waals surface area contributed by atoms with Crippen molar-refractivity contribution in [3.05, 3.63) is 38.9 Å². The summed E-state index contributed by atoms with van der Waals surface area (Å²) in [6.07, 6.45) is 4.59. The first-order valence-electron chi connectivity index (χ1n) is 7.62. The predicted octanol–water partition coefficient (Wildman–Crippen LogP) is 2.89. The van der Waals surface area contributed by atoms with Gasteiger partial charge in [0.05, 0.1) is 10.9 Å². The molecule has 0 radical (unpaired) electrons. The maximum atomic E-state index is 12.4. The Morgan fingerprint density at radius 2 is 2.05 bits per heavy atom. The van der Waals surface area contributed by atoms with Gasteiger partial charge in [-0.05, 0) is 49.2 Å². The van der Waals surface area contributed by atoms with Crippen LogP contribution in [0.1, 0.15) is 43.0 Å². The molecule has 0 saturated heterocycles. The molecule has 0 bridgehead atoms. The molecule has 1 amide bonds. The van der Waals surface area contributed by atoms with Gasteiger partial charge < -0.3 is 10.3 Å². The number of aromatic amines is 2. The molecule has 22 heavy (non-hydrogen) atoms. The molecule has 0 spiro atoms. The van der Waals surface area contributed by atoms with Crippen molar-refractivity contribution in [2.45, 2.75) is 38.6 Å². The van der Waals surface area contributed by atoms with Gasteiger partial charge in [-0.25, -0.2) is 0 Å². The second-order valence-corrected chi connectivity index (χ2v) is 6.42. The van der Waals surface area contributed by atoms with Crippen LogP contribution in [0.3, 0.4) is 0 Å². The first kappa shape index (κ1) is 15.0. The van der Waals surface area contributed by atoms with E-state index in [9.17, 15) is 9.59 Å². The molecule has 6 heteroatoms. The van der Waals surface area contributed by atoms with Crippen molar-refractivity contribution >= 4 is 29.0 Å². The fourth-order valence-corrected chi connectivity index (χ4v) is 3.30. The summed E-state index contributed by atoms with van der Waals surface area (Å²) in [6.45, 7) is 2.18. The van der Waals surface area contributed by atoms with E-state index in [-0.39, 0.29) is 22.3 Å². The molecule has 1 fully saturated rings. The molecule has 2 atom stereocenters. The lowest BCUT2D eigenvalue weighted by Gasteiger charge is -2.29. The van der Waals surface area contributed by atoms with Crippen molar-refractivity contribution < 1.29 is 4.79 Å². The third-order valence-corrected chi connectivity index (χ3v) is 4.63. The van der Waals surface area contributed by atoms with E-state index in [0.29, 0.717) is 22.4 Å². The Morgan fingerprint density at radius 1 is 1.27 bits per heavy atom. The Kier molecular flexibility index (Phi) is 4.11. The average Bonchev–Trinajstić information content (AvgIpc) is 2.48. The van der Waals surface area contributed by atoms with Crippen molar-refractivity contribution in [1.82, 2.24) is 15.3 Å². The number of rotatable bonds is 2. The van der Waals surface area contributed by atoms with Crippen LogP contribution in [0.25, 0.3) is 10.9 Å². The summed E-state index contributed by atoms with van der Waals surface area (Å²) in [5, 5.41) is 3.61. The molecule has 1 aromatic heterocycles. The molecule has 1 saturated carbocycles. The molecule has 0 aliphatic heterocycles. The normalized spacial score (nSPS) is 21.7. The summed E-state index contributed by atoms with van der Waals surface area (Å²) in [7, 11) is 0. The zero-order chi connectivity index (χ0) is 15.7. The molecular formula is C16H19N3O2S. The predicted molar refractivity (Wildman–Crippen MR) is 88.6 cm³/mol. The van der Waals surface area contributed by atoms with Gasteiger partial charge in [0.15, 0.2) is 4.77 Å². The number of benzene rings is 1. The summed E-state index contributed by atoms with van der Waals surface area (Å²) < 4.78 is 0.260. The summed E-state index contributed by atoms with van der Waals surface area (Å²) in [6, 6.07) is 5.24. The van der Waals surface area contributed by atoms with Gasteiger partial charge >= 0.3 is 0 Å². The molecule has 116 valence electrons. The first-order valence-corrected chi connectivity index (χ1v) is 8.02. The van der Waals surface area contributed by atoms with Gasteiger partial charge in [-0.15, -0.1) is 0 Å². The first-order chi connectivity index (χ1) is 10.5. The Labute approximate surface area is 133 Å². The van der Waals surface area contributed by atoms with Crippen LogP contribution in [0.2, 0.25) is 0 Å². The molecular weight excluding hydrogens is 298 g/mol. The molecule has 3 rings (SSSR count). The van der Waals surface area contributed by atoms with Gasteiger partial charge in [-0.1, -0.05) is 19.8 Å². The maximum Gasteiger partial charge on any atom is 0.259 e. The second kappa shape index (κ2) is 6.04. The van der Waals surface area contributed by atoms with Crippen LogP contribution >= 0.6 is 12.2 Å². The van der Waals surface area contributed by atoms with E-state index in [2.05, 4.69) is 22.2 Å². The van der Waals surface area contributed by atoms with Gasteiger partial charge in [0.25, 0.3) is 11.5 Å². The van der Waals surface area contributed by atoms with Crippen LogP contribution in [0.15, 0.2) is 23.0 Å². The SMILES string of the molecule is C[C@H]1CCCC[C@H]1NC(=O)c1ccc2c(=O)[nH]c(=S)[nH]c2c1. The topological polar surface area (TPSA) is 77.8 Å². The highest BCUT2D eigenvalue weighted by atomic mass is 32.1. The molecule has 2 aromatic rings. The van der Waals surface area contributed by atoms with E-state index < -0.39 is 0 Å². The maximum absolute atomic E-state index is 12.4. The Morgan fingerprint density at radius 3 is 2.82 bits per heavy atom. The lowest BCUT2D eigenvalue weighted by molar-refractivity contribution is 0.0910. The fourth-order valence-electron chi connectivity index (χ4n) is 3.09. The third kappa shape index (κ3) is 2.97. The van der Waals surface area contributed by atoms with Crippen LogP contribution in [0, 0.1) is 10.7 Å². The van der Waals surface area contributed by atoms with Crippen LogP contribution in [-0.4, -0.2) is 21.9 Å². The number of hydrogen-bond acceptors (Lipinski definition) is 3. The number of H-pyrrole nitrogens is 2. The Bertz CT molecular complexity index is 824. The summed E-state index contributed by atoms with van der Waals surface area (Å²) in [5.41, 5.74) is 0.881. The molecule has 0 unspecified atom stereocenters. The highest BCUT2D eigenvalue weighted by molar-refractivity contribution is 7.71. The van der Waals surface area contributed by atoms with Gasteiger partial charge in [0.2, 0.25) is 0 Å². The van der Waals surface area contributed by atoms with Crippen LogP contribution in [0.5, 0.6) is 0 Å². The number of hydrogen-bond donors (Lipinski definition) is 3. The minimum Gasteiger partial charge on any atom is -0.349 e. The average molecular weight is 317 g/mol. The van der Waals surface area contributed by atoms with Crippen molar-refractivity contribution in [1.29, 1.82) is 0 Å². The van der Waals surface area contributed by atoms with Gasteiger partial charge in [-0.3, -0.25) is 14.6 Å². The quantitative estimate of drug-likeness (QED) is 0.745. The minimum atomic E-state index is -0.244. The molecule has 3 N–H and O–H groups in total. The van der Waals surface area contributed by atoms with Gasteiger partial charge in [-0.2, -0.15) is 0 Å². The Balaban J connectivity index is 1.88. The lowest BCUT2D eigenvalue weighted by Crippen LogP contribution is -2.41. The number of carbonyl (C=O) groups excluding carboxylic acids is 1. The Hall–Kier alpha value is -1.95. The van der Waals surface area contributed by atoms with Gasteiger partial charge in [0, 0.05) is 11.6 Å². The van der Waals surface area contributed by atoms with Crippen LogP contribution in [0.4, 0.5) is 0 Å². The number of nitrogens with one attached hydrogen (secondary N) is 3. The van der Waals surface area contributed by atoms with Gasteiger partial charge in [0.1, 0.15) is 0 Å². The number of aromatic nitrogens is 2. The number of amides is 1. The van der Waals surface area contributed by atoms with E-state index in [1.165, 1.54) is 6.42 Å². The monoisotopic (exact) mass is 317 g/mol. The summed E-state index contributed by atoms with van der Waals surface area (Å²) in [4.78, 5) is 29.7. The molecule has 1 aromatic carbocycles. The van der Waals surface area contributed by atoms with Crippen molar-refractivity contribution in [3.8, 4) is 0 Å². The van der Waals surface area contributed by atoms with Crippen molar-refractivity contribution in [3.63, 3.8) is 0 Å². The van der Waals surface area contributed by atoms with E-state index in [0.717, 1.165) is 19.3 Å². The van der Waals surface area contributed by atoms with E-state index >= 15 is 0 Å². The highest BCUT2D eigenvalue weighted by Crippen LogP contribution is 2.24. The van der Waals surface area contributed by atoms with E-state index in [1.54, 1.807) is 18.2 Å². The standard InChI is InChI=1S/C16H19N3O2S/c1-9-4-2-3-5-12(9)17-14(20)10-6-7-11-13(8-10)18-16(22)19-15(11)21/h6-9,12H,2-5H2,1H3,(H,17,20)(H2,18,19,21,22)/t9-,12+/m0/s1. The van der Waals surface area contributed by atoms with Crippen molar-refractivity contribution in [2.75, 3.05) is 0 Å². The second-order valence-electron chi connectivity index (χ2n) is 6.01. The largest absolute Gasteiger partial charge is 0.349 e. The highest BCUT2D eigenvalue weighted by Gasteiger charge is 2.23. The third-order valence-electron chi connectivity index (χ3n) is 4.43. The number of fused-ring (bicyclic) bond motifs is 1.